The van der Waals surface area contributed by atoms with Crippen molar-refractivity contribution < 1.29 is 31.2 Å². The number of alkyl halides is 3. The lowest BCUT2D eigenvalue weighted by Crippen LogP contribution is -2.58. The molecule has 2 fully saturated rings. The van der Waals surface area contributed by atoms with Gasteiger partial charge < -0.3 is 10.2 Å². The molecule has 0 radical (unpaired) electrons. The summed E-state index contributed by atoms with van der Waals surface area (Å²) in [6.07, 6.45) is 2.84. The van der Waals surface area contributed by atoms with Crippen LogP contribution in [0.4, 0.5) is 18.3 Å². The lowest BCUT2D eigenvalue weighted by atomic mass is 9.84. The Labute approximate surface area is 217 Å². The van der Waals surface area contributed by atoms with Crippen molar-refractivity contribution in [2.24, 2.45) is 5.92 Å². The summed E-state index contributed by atoms with van der Waals surface area (Å²) in [4.78, 5) is 31.9. The van der Waals surface area contributed by atoms with E-state index in [1.165, 1.54) is 16.2 Å². The number of hydrogen-bond donors (Lipinski definition) is 1. The standard InChI is InChI=1S/C24H29F3N4O4S2/c25-24(26,27)19-8-6-18(7-9-19)16-37(34,35)30-11-12-31(21(32)15-30)20(14-17-4-2-1-3-5-17)22(33)29-23-28-10-13-36-23/h6-10,13,17,20H,1-5,11-12,14-16H2,(H,28,29,33)/t20-/m0/s1. The molecule has 2 amide bonds. The summed E-state index contributed by atoms with van der Waals surface area (Å²) in [6, 6.07) is 3.19. The molecule has 2 aliphatic rings. The number of aromatic nitrogens is 1. The van der Waals surface area contributed by atoms with Gasteiger partial charge in [-0.05, 0) is 30.0 Å². The molecule has 0 spiro atoms. The Bertz CT molecular complexity index is 1180. The van der Waals surface area contributed by atoms with Gasteiger partial charge in [0.1, 0.15) is 6.04 Å². The number of piperazine rings is 1. The van der Waals surface area contributed by atoms with Crippen LogP contribution in [0.1, 0.15) is 49.7 Å². The molecule has 13 heteroatoms. The highest BCUT2D eigenvalue weighted by atomic mass is 32.2. The number of sulfonamides is 1. The predicted molar refractivity (Wildman–Crippen MR) is 133 cm³/mol. The Morgan fingerprint density at radius 2 is 1.84 bits per heavy atom. The minimum atomic E-state index is -4.51. The van der Waals surface area contributed by atoms with Crippen molar-refractivity contribution in [3.05, 3.63) is 47.0 Å². The Morgan fingerprint density at radius 1 is 1.14 bits per heavy atom. The largest absolute Gasteiger partial charge is 0.416 e. The van der Waals surface area contributed by atoms with Gasteiger partial charge in [0.05, 0.1) is 17.9 Å². The SMILES string of the molecule is O=C(Nc1nccs1)[C@H](CC1CCCCC1)N1CCN(S(=O)(=O)Cc2ccc(C(F)(F)F)cc2)CC1=O. The fraction of sp³-hybridized carbons (Fsp3) is 0.542. The predicted octanol–water partition coefficient (Wildman–Crippen LogP) is 4.11. The average Bonchev–Trinajstić information content (AvgIpc) is 3.36. The van der Waals surface area contributed by atoms with Gasteiger partial charge in [0, 0.05) is 24.7 Å². The van der Waals surface area contributed by atoms with E-state index < -0.39 is 46.0 Å². The molecular formula is C24H29F3N4O4S2. The van der Waals surface area contributed by atoms with E-state index in [4.69, 9.17) is 0 Å². The molecule has 8 nitrogen and oxygen atoms in total. The molecule has 2 heterocycles. The summed E-state index contributed by atoms with van der Waals surface area (Å²) in [5.41, 5.74) is -0.668. The molecule has 1 atom stereocenters. The summed E-state index contributed by atoms with van der Waals surface area (Å²) >= 11 is 1.27. The number of rotatable bonds is 8. The Kier molecular flexibility index (Phi) is 8.54. The van der Waals surface area contributed by atoms with Gasteiger partial charge in [-0.3, -0.25) is 9.59 Å². The molecule has 2 aromatic rings. The molecule has 1 saturated carbocycles. The van der Waals surface area contributed by atoms with E-state index >= 15 is 0 Å². The van der Waals surface area contributed by atoms with Crippen molar-refractivity contribution in [1.82, 2.24) is 14.2 Å². The van der Waals surface area contributed by atoms with Gasteiger partial charge in [0.25, 0.3) is 0 Å². The van der Waals surface area contributed by atoms with Crippen LogP contribution in [0.2, 0.25) is 0 Å². The van der Waals surface area contributed by atoms with Gasteiger partial charge in [-0.1, -0.05) is 44.2 Å². The van der Waals surface area contributed by atoms with Crippen LogP contribution >= 0.6 is 11.3 Å². The second-order valence-corrected chi connectivity index (χ2v) is 12.3. The first kappa shape index (κ1) is 27.5. The van der Waals surface area contributed by atoms with Crippen molar-refractivity contribution in [1.29, 1.82) is 0 Å². The minimum Gasteiger partial charge on any atom is -0.328 e. The third kappa shape index (κ3) is 7.08. The molecule has 0 unspecified atom stereocenters. The van der Waals surface area contributed by atoms with Gasteiger partial charge in [-0.15, -0.1) is 11.3 Å². The van der Waals surface area contributed by atoms with Crippen molar-refractivity contribution in [2.45, 2.75) is 56.5 Å². The quantitative estimate of drug-likeness (QED) is 0.526. The van der Waals surface area contributed by atoms with Crippen molar-refractivity contribution in [2.75, 3.05) is 25.0 Å². The third-order valence-electron chi connectivity index (χ3n) is 6.87. The van der Waals surface area contributed by atoms with Crippen LogP contribution in [0, 0.1) is 5.92 Å². The van der Waals surface area contributed by atoms with Crippen molar-refractivity contribution in [3.63, 3.8) is 0 Å². The molecule has 1 aliphatic carbocycles. The molecule has 1 aromatic carbocycles. The number of benzene rings is 1. The molecule has 1 aromatic heterocycles. The summed E-state index contributed by atoms with van der Waals surface area (Å²) in [7, 11) is -3.96. The van der Waals surface area contributed by atoms with E-state index in [1.54, 1.807) is 11.6 Å². The molecule has 202 valence electrons. The van der Waals surface area contributed by atoms with E-state index in [0.29, 0.717) is 17.5 Å². The number of thiazole rings is 1. The Balaban J connectivity index is 1.44. The van der Waals surface area contributed by atoms with Crippen LogP contribution < -0.4 is 5.32 Å². The number of carbonyl (C=O) groups is 2. The maximum atomic E-state index is 13.2. The lowest BCUT2D eigenvalue weighted by molar-refractivity contribution is -0.142. The van der Waals surface area contributed by atoms with Gasteiger partial charge in [0.15, 0.2) is 5.13 Å². The maximum Gasteiger partial charge on any atom is 0.416 e. The highest BCUT2D eigenvalue weighted by Gasteiger charge is 2.39. The van der Waals surface area contributed by atoms with E-state index in [9.17, 15) is 31.2 Å². The summed E-state index contributed by atoms with van der Waals surface area (Å²) in [5, 5.41) is 4.95. The first-order valence-electron chi connectivity index (χ1n) is 12.2. The topological polar surface area (TPSA) is 99.7 Å². The monoisotopic (exact) mass is 558 g/mol. The Hall–Kier alpha value is -2.51. The smallest absolute Gasteiger partial charge is 0.328 e. The normalized spacial score (nSPS) is 19.1. The lowest BCUT2D eigenvalue weighted by Gasteiger charge is -2.39. The van der Waals surface area contributed by atoms with Crippen LogP contribution in [0.15, 0.2) is 35.8 Å². The first-order valence-corrected chi connectivity index (χ1v) is 14.7. The first-order chi connectivity index (χ1) is 17.5. The molecule has 1 saturated heterocycles. The molecule has 37 heavy (non-hydrogen) atoms. The molecule has 1 N–H and O–H groups in total. The van der Waals surface area contributed by atoms with E-state index in [-0.39, 0.29) is 24.6 Å². The minimum absolute atomic E-state index is 0.000403. The zero-order chi connectivity index (χ0) is 26.6. The van der Waals surface area contributed by atoms with Gasteiger partial charge in [-0.2, -0.15) is 17.5 Å². The van der Waals surface area contributed by atoms with Crippen molar-refractivity contribution >= 4 is 38.3 Å². The third-order valence-corrected chi connectivity index (χ3v) is 9.35. The van der Waals surface area contributed by atoms with Crippen LogP contribution in [0.5, 0.6) is 0 Å². The summed E-state index contributed by atoms with van der Waals surface area (Å²) in [6.45, 7) is -0.372. The number of amides is 2. The second-order valence-electron chi connectivity index (χ2n) is 9.45. The number of nitrogens with zero attached hydrogens (tertiary/aromatic N) is 3. The zero-order valence-electron chi connectivity index (χ0n) is 20.1. The maximum absolute atomic E-state index is 13.2. The fourth-order valence-electron chi connectivity index (χ4n) is 4.91. The summed E-state index contributed by atoms with van der Waals surface area (Å²) in [5.74, 6) is -1.03. The Morgan fingerprint density at radius 3 is 2.43 bits per heavy atom. The zero-order valence-corrected chi connectivity index (χ0v) is 21.7. The molecule has 0 bridgehead atoms. The van der Waals surface area contributed by atoms with E-state index in [2.05, 4.69) is 10.3 Å². The van der Waals surface area contributed by atoms with Crippen molar-refractivity contribution in [3.8, 4) is 0 Å². The average molecular weight is 559 g/mol. The van der Waals surface area contributed by atoms with Gasteiger partial charge >= 0.3 is 6.18 Å². The number of hydrogen-bond acceptors (Lipinski definition) is 6. The fourth-order valence-corrected chi connectivity index (χ4v) is 6.91. The number of carbonyl (C=O) groups excluding carboxylic acids is 2. The van der Waals surface area contributed by atoms with Gasteiger partial charge in [0.2, 0.25) is 21.8 Å². The van der Waals surface area contributed by atoms with E-state index in [1.807, 2.05) is 0 Å². The molecule has 1 aliphatic heterocycles. The highest BCUT2D eigenvalue weighted by molar-refractivity contribution is 7.88. The molecular weight excluding hydrogens is 529 g/mol. The van der Waals surface area contributed by atoms with Crippen LogP contribution in [-0.2, 0) is 31.5 Å². The number of halogens is 3. The molecule has 4 rings (SSSR count). The van der Waals surface area contributed by atoms with Crippen LogP contribution in [-0.4, -0.2) is 60.1 Å². The van der Waals surface area contributed by atoms with Crippen LogP contribution in [0.25, 0.3) is 0 Å². The highest BCUT2D eigenvalue weighted by Crippen LogP contribution is 2.31. The number of anilines is 1. The van der Waals surface area contributed by atoms with Gasteiger partial charge in [-0.25, -0.2) is 13.4 Å². The number of nitrogens with one attached hydrogen (secondary N) is 1. The second kappa shape index (κ2) is 11.5. The van der Waals surface area contributed by atoms with Crippen LogP contribution in [0.3, 0.4) is 0 Å². The van der Waals surface area contributed by atoms with E-state index in [0.717, 1.165) is 60.7 Å². The summed E-state index contributed by atoms with van der Waals surface area (Å²) < 4.78 is 65.4.